The van der Waals surface area contributed by atoms with Crippen molar-refractivity contribution >= 4 is 23.9 Å². The van der Waals surface area contributed by atoms with Gasteiger partial charge in [0.15, 0.2) is 24.6 Å². The van der Waals surface area contributed by atoms with E-state index in [1.807, 2.05) is 0 Å². The lowest BCUT2D eigenvalue weighted by Gasteiger charge is -2.40. The Labute approximate surface area is 468 Å². The van der Waals surface area contributed by atoms with Crippen LogP contribution in [0.25, 0.3) is 0 Å². The average Bonchev–Trinajstić information content (AvgIpc) is 3.42. The molecule has 12 heteroatoms. The zero-order chi connectivity index (χ0) is 56.1. The van der Waals surface area contributed by atoms with Crippen LogP contribution in [0.15, 0.2) is 72.9 Å². The van der Waals surface area contributed by atoms with Crippen molar-refractivity contribution in [2.75, 3.05) is 13.2 Å². The molecule has 0 spiro atoms. The molecule has 0 saturated carbocycles. The van der Waals surface area contributed by atoms with E-state index < -0.39 is 67.3 Å². The van der Waals surface area contributed by atoms with Crippen molar-refractivity contribution in [3.8, 4) is 0 Å². The number of allylic oxidation sites excluding steroid dienone is 12. The van der Waals surface area contributed by atoms with E-state index in [-0.39, 0.29) is 25.9 Å². The standard InChI is InChI=1S/C65H110O12/c1-4-7-10-13-16-19-22-24-26-28-29-31-33-35-38-41-44-47-50-53-59(68)76-63-61(70)60(69)62(64(71)72)77-65(63)74-55-56(75-58(67)52-49-46-43-40-36-21-18-15-12-9-6-3)54-73-57(66)51-48-45-42-39-37-34-32-30-27-25-23-20-17-14-11-8-5-2/h7,10,16,19,24-27,29,31,35,38,56,60-63,65,69-70H,4-6,8-9,11-15,17-18,20-23,28,30,32-34,36-37,39-55H2,1-3H3,(H,71,72)/b10-7-,19-16-,26-24-,27-25-,31-29-,38-35-. The van der Waals surface area contributed by atoms with Gasteiger partial charge in [-0.1, -0.05) is 229 Å². The first-order valence-electron chi connectivity index (χ1n) is 30.9. The van der Waals surface area contributed by atoms with Gasteiger partial charge in [-0.25, -0.2) is 4.79 Å². The smallest absolute Gasteiger partial charge is 0.335 e. The Balaban J connectivity index is 2.67. The van der Waals surface area contributed by atoms with E-state index in [1.165, 1.54) is 109 Å². The number of carbonyl (C=O) groups is 4. The maximum Gasteiger partial charge on any atom is 0.335 e. The van der Waals surface area contributed by atoms with Crippen LogP contribution < -0.4 is 0 Å². The second kappa shape index (κ2) is 52.8. The van der Waals surface area contributed by atoms with Gasteiger partial charge in [0.2, 0.25) is 0 Å². The van der Waals surface area contributed by atoms with Crippen molar-refractivity contribution in [1.82, 2.24) is 0 Å². The molecule has 0 amide bonds. The second-order valence-corrected chi connectivity index (χ2v) is 21.0. The number of carboxylic acid groups (broad SMARTS) is 1. The van der Waals surface area contributed by atoms with Crippen LogP contribution in [0.5, 0.6) is 0 Å². The van der Waals surface area contributed by atoms with Crippen molar-refractivity contribution in [2.24, 2.45) is 0 Å². The lowest BCUT2D eigenvalue weighted by atomic mass is 9.98. The number of esters is 3. The minimum atomic E-state index is -1.92. The molecule has 6 unspecified atom stereocenters. The van der Waals surface area contributed by atoms with Crippen molar-refractivity contribution in [1.29, 1.82) is 0 Å². The van der Waals surface area contributed by atoms with Gasteiger partial charge in [0.25, 0.3) is 0 Å². The summed E-state index contributed by atoms with van der Waals surface area (Å²) in [7, 11) is 0. The summed E-state index contributed by atoms with van der Waals surface area (Å²) in [4.78, 5) is 51.1. The molecule has 0 aromatic rings. The van der Waals surface area contributed by atoms with Gasteiger partial charge >= 0.3 is 23.9 Å². The van der Waals surface area contributed by atoms with E-state index in [4.69, 9.17) is 23.7 Å². The molecule has 3 N–H and O–H groups in total. The van der Waals surface area contributed by atoms with Gasteiger partial charge < -0.3 is 39.0 Å². The van der Waals surface area contributed by atoms with E-state index in [2.05, 4.69) is 93.7 Å². The predicted molar refractivity (Wildman–Crippen MR) is 312 cm³/mol. The van der Waals surface area contributed by atoms with Gasteiger partial charge in [-0.3, -0.25) is 14.4 Å². The van der Waals surface area contributed by atoms with Gasteiger partial charge in [0, 0.05) is 19.3 Å². The molecule has 442 valence electrons. The van der Waals surface area contributed by atoms with Gasteiger partial charge in [0.05, 0.1) is 6.61 Å². The molecule has 12 nitrogen and oxygen atoms in total. The molecule has 77 heavy (non-hydrogen) atoms. The van der Waals surface area contributed by atoms with Crippen LogP contribution in [-0.4, -0.2) is 89.2 Å². The quantitative estimate of drug-likeness (QED) is 0.0228. The fourth-order valence-electron chi connectivity index (χ4n) is 9.04. The molecule has 1 heterocycles. The van der Waals surface area contributed by atoms with Gasteiger partial charge in [-0.2, -0.15) is 0 Å². The normalized spacial score (nSPS) is 18.5. The molecule has 0 aliphatic carbocycles. The topological polar surface area (TPSA) is 175 Å². The Morgan fingerprint density at radius 1 is 0.442 bits per heavy atom. The Morgan fingerprint density at radius 2 is 0.818 bits per heavy atom. The summed E-state index contributed by atoms with van der Waals surface area (Å²) in [5.41, 5.74) is 0. The SMILES string of the molecule is CC/C=C\C/C=C\C/C=C\C/C=C\C/C=C\CCCCCC(=O)OC1C(OCC(COC(=O)CCCCCCCCC/C=C\CCCCCCCC)OC(=O)CCCCCCCCCCCCC)OC(C(=O)O)C(O)C1O. The van der Waals surface area contributed by atoms with Crippen LogP contribution in [0.3, 0.4) is 0 Å². The van der Waals surface area contributed by atoms with Crippen LogP contribution in [0, 0.1) is 0 Å². The highest BCUT2D eigenvalue weighted by Crippen LogP contribution is 2.26. The minimum Gasteiger partial charge on any atom is -0.479 e. The molecular formula is C65H110O12. The number of aliphatic hydroxyl groups excluding tert-OH is 2. The van der Waals surface area contributed by atoms with E-state index >= 15 is 0 Å². The van der Waals surface area contributed by atoms with E-state index in [9.17, 15) is 34.5 Å². The number of aliphatic carboxylic acids is 1. The highest BCUT2D eigenvalue weighted by molar-refractivity contribution is 5.74. The van der Waals surface area contributed by atoms with Crippen molar-refractivity contribution < 1.29 is 58.2 Å². The first kappa shape index (κ1) is 71.2. The van der Waals surface area contributed by atoms with Crippen LogP contribution >= 0.6 is 0 Å². The minimum absolute atomic E-state index is 0.0204. The summed E-state index contributed by atoms with van der Waals surface area (Å²) in [5, 5.41) is 31.5. The summed E-state index contributed by atoms with van der Waals surface area (Å²) in [6, 6.07) is 0. The van der Waals surface area contributed by atoms with Crippen molar-refractivity contribution in [3.05, 3.63) is 72.9 Å². The second-order valence-electron chi connectivity index (χ2n) is 21.0. The molecular weight excluding hydrogens is 973 g/mol. The summed E-state index contributed by atoms with van der Waals surface area (Å²) >= 11 is 0. The summed E-state index contributed by atoms with van der Waals surface area (Å²) in [6.45, 7) is 5.86. The Bertz CT molecular complexity index is 1620. The molecule has 1 rings (SSSR count). The number of aliphatic hydroxyl groups is 2. The first-order valence-corrected chi connectivity index (χ1v) is 30.9. The number of carbonyl (C=O) groups excluding carboxylic acids is 3. The molecule has 1 aliphatic rings. The maximum atomic E-state index is 13.1. The summed E-state index contributed by atoms with van der Waals surface area (Å²) in [5.74, 6) is -3.16. The van der Waals surface area contributed by atoms with Crippen LogP contribution in [0.4, 0.5) is 0 Å². The summed E-state index contributed by atoms with van der Waals surface area (Å²) in [6.07, 6.45) is 54.4. The number of rotatable bonds is 52. The van der Waals surface area contributed by atoms with Crippen LogP contribution in [0.2, 0.25) is 0 Å². The fraction of sp³-hybridized carbons (Fsp3) is 0.754. The zero-order valence-electron chi connectivity index (χ0n) is 48.7. The molecule has 0 radical (unpaired) electrons. The fourth-order valence-corrected chi connectivity index (χ4v) is 9.04. The third-order valence-electron chi connectivity index (χ3n) is 13.8. The number of unbranched alkanes of at least 4 members (excludes halogenated alkanes) is 26. The van der Waals surface area contributed by atoms with Gasteiger partial charge in [-0.05, 0) is 89.9 Å². The molecule has 1 saturated heterocycles. The van der Waals surface area contributed by atoms with E-state index in [0.717, 1.165) is 96.3 Å². The third kappa shape index (κ3) is 42.7. The van der Waals surface area contributed by atoms with Crippen LogP contribution in [-0.2, 0) is 42.9 Å². The van der Waals surface area contributed by atoms with Crippen molar-refractivity contribution in [2.45, 2.75) is 302 Å². The molecule has 0 aromatic carbocycles. The molecule has 0 bridgehead atoms. The monoisotopic (exact) mass is 1080 g/mol. The third-order valence-corrected chi connectivity index (χ3v) is 13.8. The highest BCUT2D eigenvalue weighted by atomic mass is 16.7. The zero-order valence-corrected chi connectivity index (χ0v) is 48.7. The molecule has 6 atom stereocenters. The predicted octanol–water partition coefficient (Wildman–Crippen LogP) is 16.1. The highest BCUT2D eigenvalue weighted by Gasteiger charge is 2.50. The van der Waals surface area contributed by atoms with Crippen molar-refractivity contribution in [3.63, 3.8) is 0 Å². The number of ether oxygens (including phenoxy) is 5. The maximum absolute atomic E-state index is 13.1. The largest absolute Gasteiger partial charge is 0.479 e. The number of carboxylic acids is 1. The Morgan fingerprint density at radius 3 is 1.27 bits per heavy atom. The Kier molecular flexibility index (Phi) is 48.8. The molecule has 0 aromatic heterocycles. The van der Waals surface area contributed by atoms with Gasteiger partial charge in [-0.15, -0.1) is 0 Å². The lowest BCUT2D eigenvalue weighted by molar-refractivity contribution is -0.301. The number of hydrogen-bond acceptors (Lipinski definition) is 11. The summed E-state index contributed by atoms with van der Waals surface area (Å²) < 4.78 is 28.4. The van der Waals surface area contributed by atoms with Gasteiger partial charge in [0.1, 0.15) is 18.8 Å². The molecule has 1 fully saturated rings. The average molecular weight is 1080 g/mol. The Hall–Kier alpha value is -3.84. The lowest BCUT2D eigenvalue weighted by Crippen LogP contribution is -2.61. The molecule has 1 aliphatic heterocycles. The number of hydrogen-bond donors (Lipinski definition) is 3. The van der Waals surface area contributed by atoms with E-state index in [0.29, 0.717) is 19.3 Å². The first-order chi connectivity index (χ1) is 37.6. The van der Waals surface area contributed by atoms with E-state index in [1.54, 1.807) is 0 Å². The van der Waals surface area contributed by atoms with Crippen LogP contribution in [0.1, 0.15) is 265 Å².